The van der Waals surface area contributed by atoms with Crippen molar-refractivity contribution in [1.29, 1.82) is 0 Å². The summed E-state index contributed by atoms with van der Waals surface area (Å²) in [5.41, 5.74) is 1.69. The summed E-state index contributed by atoms with van der Waals surface area (Å²) in [6.07, 6.45) is -1.26. The van der Waals surface area contributed by atoms with Crippen molar-refractivity contribution in [1.82, 2.24) is 15.1 Å². The average Bonchev–Trinajstić information content (AvgIpc) is 2.84. The summed E-state index contributed by atoms with van der Waals surface area (Å²) in [6.45, 7) is 1.99. The molecule has 2 aromatic carbocycles. The lowest BCUT2D eigenvalue weighted by Crippen LogP contribution is -2.64. The molecule has 2 aromatic rings. The Bertz CT molecular complexity index is 1160. The Morgan fingerprint density at radius 3 is 2.44 bits per heavy atom. The first-order valence-electron chi connectivity index (χ1n) is 11.3. The van der Waals surface area contributed by atoms with Crippen molar-refractivity contribution in [2.45, 2.75) is 32.0 Å². The van der Waals surface area contributed by atoms with Gasteiger partial charge in [0, 0.05) is 25.8 Å². The minimum Gasteiger partial charge on any atom is -0.481 e. The molecule has 1 saturated heterocycles. The maximum atomic E-state index is 13.7. The highest BCUT2D eigenvalue weighted by Crippen LogP contribution is 2.26. The van der Waals surface area contributed by atoms with E-state index in [1.807, 2.05) is 13.0 Å². The van der Waals surface area contributed by atoms with Crippen molar-refractivity contribution in [3.8, 4) is 0 Å². The summed E-state index contributed by atoms with van der Waals surface area (Å²) >= 11 is 12.1. The van der Waals surface area contributed by atoms with E-state index in [9.17, 15) is 24.3 Å². The molecule has 1 heterocycles. The zero-order valence-corrected chi connectivity index (χ0v) is 21.4. The Balaban J connectivity index is 1.97. The molecule has 9 nitrogen and oxygen atoms in total. The summed E-state index contributed by atoms with van der Waals surface area (Å²) < 4.78 is 4.97. The third-order valence-corrected chi connectivity index (χ3v) is 6.52. The maximum Gasteiger partial charge on any atom is 0.305 e. The number of aliphatic carboxylic acids is 1. The summed E-state index contributed by atoms with van der Waals surface area (Å²) in [5.74, 6) is -2.79. The summed E-state index contributed by atoms with van der Waals surface area (Å²) in [6, 6.07) is 10.6. The van der Waals surface area contributed by atoms with Gasteiger partial charge in [-0.1, -0.05) is 53.0 Å². The number of aryl methyl sites for hydroxylation is 1. The minimum absolute atomic E-state index is 0.175. The number of methoxy groups -OCH3 is 1. The van der Waals surface area contributed by atoms with Gasteiger partial charge >= 0.3 is 5.97 Å². The fourth-order valence-corrected chi connectivity index (χ4v) is 4.44. The minimum atomic E-state index is -1.32. The van der Waals surface area contributed by atoms with Crippen LogP contribution in [0.3, 0.4) is 0 Å². The van der Waals surface area contributed by atoms with Gasteiger partial charge in [0.25, 0.3) is 17.7 Å². The number of hydrogen-bond acceptors (Lipinski definition) is 5. The van der Waals surface area contributed by atoms with Crippen molar-refractivity contribution < 1.29 is 29.0 Å². The number of carboxylic acid groups (broad SMARTS) is 1. The van der Waals surface area contributed by atoms with Crippen LogP contribution in [-0.2, 0) is 19.1 Å². The highest BCUT2D eigenvalue weighted by molar-refractivity contribution is 6.42. The standard InChI is InChI=1S/C25H27Cl2N3O6/c1-15-5-3-6-16(11-15)20(13-22(32)33)28-23(34)24-29(21(31)14-36-2)9-4-10-30(24)25(35)17-7-8-18(26)19(27)12-17/h3,5-8,11-12,20,24H,4,9-10,13-14H2,1-2H3,(H,28,34)(H,32,33). The molecule has 11 heteroatoms. The Morgan fingerprint density at radius 2 is 1.81 bits per heavy atom. The summed E-state index contributed by atoms with van der Waals surface area (Å²) in [7, 11) is 1.36. The smallest absolute Gasteiger partial charge is 0.305 e. The second kappa shape index (κ2) is 12.2. The number of benzene rings is 2. The van der Waals surface area contributed by atoms with E-state index in [1.165, 1.54) is 35.1 Å². The highest BCUT2D eigenvalue weighted by atomic mass is 35.5. The number of amides is 3. The quantitative estimate of drug-likeness (QED) is 0.535. The van der Waals surface area contributed by atoms with E-state index in [0.29, 0.717) is 12.0 Å². The van der Waals surface area contributed by atoms with Gasteiger partial charge in [-0.25, -0.2) is 0 Å². The van der Waals surface area contributed by atoms with Crippen LogP contribution in [0, 0.1) is 6.92 Å². The SMILES string of the molecule is COCC(=O)N1CCCN(C(=O)c2ccc(Cl)c(Cl)c2)C1C(=O)NC(CC(=O)O)c1cccc(C)c1. The van der Waals surface area contributed by atoms with E-state index < -0.39 is 35.9 Å². The molecule has 3 amide bonds. The third kappa shape index (κ3) is 6.54. The first kappa shape index (κ1) is 27.4. The van der Waals surface area contributed by atoms with Crippen molar-refractivity contribution >= 4 is 46.9 Å². The molecule has 0 aromatic heterocycles. The van der Waals surface area contributed by atoms with Gasteiger partial charge in [0.2, 0.25) is 0 Å². The van der Waals surface area contributed by atoms with Gasteiger partial charge in [-0.2, -0.15) is 0 Å². The molecule has 0 radical (unpaired) electrons. The molecule has 0 spiro atoms. The van der Waals surface area contributed by atoms with Gasteiger partial charge in [-0.15, -0.1) is 0 Å². The Labute approximate surface area is 218 Å². The van der Waals surface area contributed by atoms with Crippen LogP contribution in [0.15, 0.2) is 42.5 Å². The topological polar surface area (TPSA) is 116 Å². The van der Waals surface area contributed by atoms with Crippen molar-refractivity contribution in [3.05, 3.63) is 69.2 Å². The van der Waals surface area contributed by atoms with Gasteiger partial charge in [0.15, 0.2) is 6.17 Å². The monoisotopic (exact) mass is 535 g/mol. The van der Waals surface area contributed by atoms with E-state index in [1.54, 1.807) is 18.2 Å². The van der Waals surface area contributed by atoms with Crippen LogP contribution >= 0.6 is 23.2 Å². The number of nitrogens with zero attached hydrogens (tertiary/aromatic N) is 2. The van der Waals surface area contributed by atoms with Crippen LogP contribution in [0.1, 0.15) is 40.4 Å². The molecular formula is C25H27Cl2N3O6. The van der Waals surface area contributed by atoms with Crippen LogP contribution < -0.4 is 5.32 Å². The lowest BCUT2D eigenvalue weighted by Gasteiger charge is -2.43. The number of ether oxygens (including phenoxy) is 1. The number of nitrogens with one attached hydrogen (secondary N) is 1. The molecule has 36 heavy (non-hydrogen) atoms. The number of carbonyl (C=O) groups is 4. The van der Waals surface area contributed by atoms with Crippen molar-refractivity contribution in [2.75, 3.05) is 26.8 Å². The first-order chi connectivity index (χ1) is 17.1. The predicted octanol–water partition coefficient (Wildman–Crippen LogP) is 3.28. The second-order valence-corrected chi connectivity index (χ2v) is 9.26. The van der Waals surface area contributed by atoms with Crippen molar-refractivity contribution in [3.63, 3.8) is 0 Å². The number of hydrogen-bond donors (Lipinski definition) is 2. The second-order valence-electron chi connectivity index (χ2n) is 8.45. The van der Waals surface area contributed by atoms with Gasteiger partial charge in [-0.05, 0) is 37.1 Å². The fraction of sp³-hybridized carbons (Fsp3) is 0.360. The van der Waals surface area contributed by atoms with Gasteiger partial charge in [-0.3, -0.25) is 19.2 Å². The van der Waals surface area contributed by atoms with E-state index >= 15 is 0 Å². The molecule has 0 aliphatic carbocycles. The molecular weight excluding hydrogens is 509 g/mol. The number of rotatable bonds is 8. The predicted molar refractivity (Wildman–Crippen MR) is 134 cm³/mol. The molecule has 0 saturated carbocycles. The largest absolute Gasteiger partial charge is 0.481 e. The van der Waals surface area contributed by atoms with Crippen LogP contribution in [0.25, 0.3) is 0 Å². The van der Waals surface area contributed by atoms with E-state index in [4.69, 9.17) is 27.9 Å². The number of halogens is 2. The molecule has 2 atom stereocenters. The number of carbonyl (C=O) groups excluding carboxylic acids is 3. The molecule has 3 rings (SSSR count). The van der Waals surface area contributed by atoms with E-state index in [-0.39, 0.29) is 41.7 Å². The summed E-state index contributed by atoms with van der Waals surface area (Å²) in [4.78, 5) is 54.1. The zero-order chi connectivity index (χ0) is 26.4. The molecule has 1 aliphatic rings. The van der Waals surface area contributed by atoms with E-state index in [0.717, 1.165) is 5.56 Å². The van der Waals surface area contributed by atoms with Gasteiger partial charge in [0.1, 0.15) is 6.61 Å². The molecule has 2 unspecified atom stereocenters. The molecule has 1 aliphatic heterocycles. The third-order valence-electron chi connectivity index (χ3n) is 5.78. The van der Waals surface area contributed by atoms with E-state index in [2.05, 4.69) is 5.32 Å². The Hall–Kier alpha value is -3.14. The lowest BCUT2D eigenvalue weighted by atomic mass is 10.0. The highest BCUT2D eigenvalue weighted by Gasteiger charge is 2.41. The van der Waals surface area contributed by atoms with Crippen LogP contribution in [0.2, 0.25) is 10.0 Å². The summed E-state index contributed by atoms with van der Waals surface area (Å²) in [5, 5.41) is 12.7. The van der Waals surface area contributed by atoms with Crippen LogP contribution in [-0.4, -0.2) is 71.6 Å². The molecule has 0 bridgehead atoms. The van der Waals surface area contributed by atoms with Gasteiger partial charge in [0.05, 0.1) is 22.5 Å². The molecule has 2 N–H and O–H groups in total. The first-order valence-corrected chi connectivity index (χ1v) is 12.0. The van der Waals surface area contributed by atoms with Crippen LogP contribution in [0.5, 0.6) is 0 Å². The lowest BCUT2D eigenvalue weighted by molar-refractivity contribution is -0.152. The zero-order valence-electron chi connectivity index (χ0n) is 19.9. The Morgan fingerprint density at radius 1 is 1.08 bits per heavy atom. The Kier molecular flexibility index (Phi) is 9.31. The maximum absolute atomic E-state index is 13.7. The van der Waals surface area contributed by atoms with Gasteiger partial charge < -0.3 is 25.0 Å². The fourth-order valence-electron chi connectivity index (χ4n) is 4.14. The van der Waals surface area contributed by atoms with Crippen molar-refractivity contribution in [2.24, 2.45) is 0 Å². The molecule has 1 fully saturated rings. The molecule has 192 valence electrons. The average molecular weight is 536 g/mol. The van der Waals surface area contributed by atoms with Crippen LogP contribution in [0.4, 0.5) is 0 Å². The normalized spacial score (nSPS) is 16.4. The number of carboxylic acids is 1.